The summed E-state index contributed by atoms with van der Waals surface area (Å²) in [4.78, 5) is 24.3. The van der Waals surface area contributed by atoms with Crippen LogP contribution in [0.3, 0.4) is 0 Å². The lowest BCUT2D eigenvalue weighted by Gasteiger charge is -2.06. The molecule has 0 atom stereocenters. The number of amides is 1. The SMILES string of the molecule is O=C(Nc1cc(-n2ccnc2)ncn1)c1cccc(Br)c1. The summed E-state index contributed by atoms with van der Waals surface area (Å²) >= 11 is 3.34. The maximum absolute atomic E-state index is 12.2. The van der Waals surface area contributed by atoms with Crippen molar-refractivity contribution in [3.05, 3.63) is 65.4 Å². The Labute approximate surface area is 129 Å². The van der Waals surface area contributed by atoms with E-state index in [9.17, 15) is 4.79 Å². The lowest BCUT2D eigenvalue weighted by Crippen LogP contribution is -2.13. The molecule has 0 aliphatic heterocycles. The molecular weight excluding hydrogens is 334 g/mol. The molecular formula is C14H10BrN5O. The molecule has 1 aromatic carbocycles. The number of carbonyl (C=O) groups is 1. The Balaban J connectivity index is 1.82. The van der Waals surface area contributed by atoms with Crippen LogP contribution < -0.4 is 5.32 Å². The van der Waals surface area contributed by atoms with E-state index in [4.69, 9.17) is 0 Å². The van der Waals surface area contributed by atoms with Gasteiger partial charge in [0.15, 0.2) is 0 Å². The van der Waals surface area contributed by atoms with Crippen LogP contribution in [0.1, 0.15) is 10.4 Å². The number of anilines is 1. The van der Waals surface area contributed by atoms with Crippen LogP contribution >= 0.6 is 15.9 Å². The summed E-state index contributed by atoms with van der Waals surface area (Å²) in [7, 11) is 0. The number of nitrogens with one attached hydrogen (secondary N) is 1. The summed E-state index contributed by atoms with van der Waals surface area (Å²) in [5, 5.41) is 2.74. The first-order valence-electron chi connectivity index (χ1n) is 6.10. The molecule has 21 heavy (non-hydrogen) atoms. The molecule has 0 saturated carbocycles. The number of hydrogen-bond donors (Lipinski definition) is 1. The first kappa shape index (κ1) is 13.4. The Morgan fingerprint density at radius 2 is 2.14 bits per heavy atom. The Morgan fingerprint density at radius 3 is 2.90 bits per heavy atom. The summed E-state index contributed by atoms with van der Waals surface area (Å²) < 4.78 is 2.58. The van der Waals surface area contributed by atoms with Gasteiger partial charge in [0.1, 0.15) is 24.3 Å². The molecule has 1 amide bonds. The van der Waals surface area contributed by atoms with Crippen LogP contribution in [0.5, 0.6) is 0 Å². The monoisotopic (exact) mass is 343 g/mol. The van der Waals surface area contributed by atoms with Gasteiger partial charge in [0.25, 0.3) is 5.91 Å². The van der Waals surface area contributed by atoms with Crippen molar-refractivity contribution in [1.29, 1.82) is 0 Å². The number of carbonyl (C=O) groups excluding carboxylic acids is 1. The zero-order valence-electron chi connectivity index (χ0n) is 10.8. The van der Waals surface area contributed by atoms with E-state index >= 15 is 0 Å². The van der Waals surface area contributed by atoms with Crippen molar-refractivity contribution in [2.75, 3.05) is 5.32 Å². The summed E-state index contributed by atoms with van der Waals surface area (Å²) in [5.41, 5.74) is 0.548. The Hall–Kier alpha value is -2.54. The largest absolute Gasteiger partial charge is 0.306 e. The van der Waals surface area contributed by atoms with Crippen LogP contribution in [0.15, 0.2) is 59.9 Å². The maximum atomic E-state index is 12.2. The molecule has 1 N–H and O–H groups in total. The smallest absolute Gasteiger partial charge is 0.256 e. The highest BCUT2D eigenvalue weighted by molar-refractivity contribution is 9.10. The molecule has 0 fully saturated rings. The molecule has 0 radical (unpaired) electrons. The average molecular weight is 344 g/mol. The summed E-state index contributed by atoms with van der Waals surface area (Å²) in [6.45, 7) is 0. The highest BCUT2D eigenvalue weighted by Crippen LogP contribution is 2.14. The van der Waals surface area contributed by atoms with E-state index < -0.39 is 0 Å². The number of imidazole rings is 1. The van der Waals surface area contributed by atoms with E-state index in [-0.39, 0.29) is 5.91 Å². The summed E-state index contributed by atoms with van der Waals surface area (Å²) in [6, 6.07) is 8.82. The molecule has 3 rings (SSSR count). The van der Waals surface area contributed by atoms with Crippen molar-refractivity contribution in [2.45, 2.75) is 0 Å². The molecule has 2 aromatic heterocycles. The van der Waals surface area contributed by atoms with Crippen LogP contribution in [-0.4, -0.2) is 25.4 Å². The molecule has 3 aromatic rings. The second-order valence-electron chi connectivity index (χ2n) is 4.20. The molecule has 0 aliphatic carbocycles. The minimum absolute atomic E-state index is 0.230. The highest BCUT2D eigenvalue weighted by Gasteiger charge is 2.08. The van der Waals surface area contributed by atoms with Crippen LogP contribution in [0.2, 0.25) is 0 Å². The van der Waals surface area contributed by atoms with Gasteiger partial charge < -0.3 is 5.32 Å². The van der Waals surface area contributed by atoms with Gasteiger partial charge >= 0.3 is 0 Å². The fourth-order valence-corrected chi connectivity index (χ4v) is 2.17. The number of nitrogens with zero attached hydrogens (tertiary/aromatic N) is 4. The topological polar surface area (TPSA) is 72.7 Å². The van der Waals surface area contributed by atoms with Crippen LogP contribution in [-0.2, 0) is 0 Å². The second-order valence-corrected chi connectivity index (χ2v) is 5.11. The number of aromatic nitrogens is 4. The van der Waals surface area contributed by atoms with Crippen LogP contribution in [0.4, 0.5) is 5.82 Å². The van der Waals surface area contributed by atoms with E-state index in [0.29, 0.717) is 17.2 Å². The molecule has 0 bridgehead atoms. The average Bonchev–Trinajstić information content (AvgIpc) is 3.02. The highest BCUT2D eigenvalue weighted by atomic mass is 79.9. The van der Waals surface area contributed by atoms with E-state index in [0.717, 1.165) is 4.47 Å². The number of halogens is 1. The van der Waals surface area contributed by atoms with E-state index in [2.05, 4.69) is 36.2 Å². The Morgan fingerprint density at radius 1 is 1.24 bits per heavy atom. The lowest BCUT2D eigenvalue weighted by atomic mass is 10.2. The maximum Gasteiger partial charge on any atom is 0.256 e. The Kier molecular flexibility index (Phi) is 3.74. The third-order valence-electron chi connectivity index (χ3n) is 2.75. The van der Waals surface area contributed by atoms with Crippen molar-refractivity contribution in [3.8, 4) is 5.82 Å². The van der Waals surface area contributed by atoms with Gasteiger partial charge in [-0.15, -0.1) is 0 Å². The van der Waals surface area contributed by atoms with Crippen molar-refractivity contribution >= 4 is 27.7 Å². The van der Waals surface area contributed by atoms with Gasteiger partial charge in [-0.3, -0.25) is 9.36 Å². The van der Waals surface area contributed by atoms with Gasteiger partial charge in [-0.2, -0.15) is 0 Å². The molecule has 0 aliphatic rings. The quantitative estimate of drug-likeness (QED) is 0.793. The number of rotatable bonds is 3. The predicted octanol–water partition coefficient (Wildman–Crippen LogP) is 2.68. The molecule has 0 saturated heterocycles. The zero-order valence-corrected chi connectivity index (χ0v) is 12.4. The fourth-order valence-electron chi connectivity index (χ4n) is 1.77. The van der Waals surface area contributed by atoms with Gasteiger partial charge in [0, 0.05) is 28.5 Å². The van der Waals surface area contributed by atoms with Crippen molar-refractivity contribution in [3.63, 3.8) is 0 Å². The van der Waals surface area contributed by atoms with Gasteiger partial charge in [-0.25, -0.2) is 15.0 Å². The molecule has 0 spiro atoms. The third-order valence-corrected chi connectivity index (χ3v) is 3.24. The number of benzene rings is 1. The summed E-state index contributed by atoms with van der Waals surface area (Å²) in [5.74, 6) is 0.831. The van der Waals surface area contributed by atoms with Crippen molar-refractivity contribution in [2.24, 2.45) is 0 Å². The Bertz CT molecular complexity index is 773. The first-order chi connectivity index (χ1) is 10.2. The van der Waals surface area contributed by atoms with Crippen LogP contribution in [0.25, 0.3) is 5.82 Å². The molecule has 6 nitrogen and oxygen atoms in total. The van der Waals surface area contributed by atoms with Crippen molar-refractivity contribution in [1.82, 2.24) is 19.5 Å². The molecule has 2 heterocycles. The number of hydrogen-bond acceptors (Lipinski definition) is 4. The standard InChI is InChI=1S/C14H10BrN5O/c15-11-3-1-2-10(6-11)14(21)19-12-7-13(18-8-17-12)20-5-4-16-9-20/h1-9H,(H,17,18,19,21). The predicted molar refractivity (Wildman–Crippen MR) is 81.2 cm³/mol. The van der Waals surface area contributed by atoms with Gasteiger partial charge in [0.05, 0.1) is 0 Å². The van der Waals surface area contributed by atoms with Gasteiger partial charge in [-0.05, 0) is 18.2 Å². The zero-order chi connectivity index (χ0) is 14.7. The van der Waals surface area contributed by atoms with Crippen LogP contribution in [0, 0.1) is 0 Å². The molecule has 0 unspecified atom stereocenters. The van der Waals surface area contributed by atoms with E-state index in [1.807, 2.05) is 6.07 Å². The first-order valence-corrected chi connectivity index (χ1v) is 6.89. The lowest BCUT2D eigenvalue weighted by molar-refractivity contribution is 0.102. The third kappa shape index (κ3) is 3.14. The molecule has 7 heteroatoms. The van der Waals surface area contributed by atoms with Gasteiger partial charge in [0.2, 0.25) is 0 Å². The minimum Gasteiger partial charge on any atom is -0.306 e. The van der Waals surface area contributed by atoms with Crippen molar-refractivity contribution < 1.29 is 4.79 Å². The summed E-state index contributed by atoms with van der Waals surface area (Å²) in [6.07, 6.45) is 6.44. The van der Waals surface area contributed by atoms with Gasteiger partial charge in [-0.1, -0.05) is 22.0 Å². The van der Waals surface area contributed by atoms with E-state index in [1.54, 1.807) is 47.6 Å². The van der Waals surface area contributed by atoms with E-state index in [1.165, 1.54) is 6.33 Å². The fraction of sp³-hybridized carbons (Fsp3) is 0. The molecule has 104 valence electrons. The normalized spacial score (nSPS) is 10.3. The minimum atomic E-state index is -0.230. The second kappa shape index (κ2) is 5.84.